The second kappa shape index (κ2) is 9.25. The molecule has 2 amide bonds. The lowest BCUT2D eigenvalue weighted by Crippen LogP contribution is -2.51. The minimum absolute atomic E-state index is 0.0641. The predicted octanol–water partition coefficient (Wildman–Crippen LogP) is 4.06. The lowest BCUT2D eigenvalue weighted by atomic mass is 9.98. The maximum absolute atomic E-state index is 12.9. The number of fused-ring (bicyclic) bond motifs is 3. The van der Waals surface area contributed by atoms with Gasteiger partial charge in [-0.25, -0.2) is 4.79 Å². The fourth-order valence-electron chi connectivity index (χ4n) is 4.62. The van der Waals surface area contributed by atoms with Gasteiger partial charge in [0.15, 0.2) is 0 Å². The standard InChI is InChI=1S/C26H30N2O5/c1-16(2)13-22(24(31)28-26(11-12-26)14-23(29)30)27-25(32)33-15-21-19-9-5-3-7-17(19)18-8-4-6-10-20(18)21/h3-10,16,21-22H,11-15H2,1-2H3,(H,27,32)(H,28,31)(H,29,30)/t22-/m0/s1. The molecular formula is C26H30N2O5. The smallest absolute Gasteiger partial charge is 0.407 e. The second-order valence-corrected chi connectivity index (χ2v) is 9.49. The summed E-state index contributed by atoms with van der Waals surface area (Å²) < 4.78 is 5.59. The maximum Gasteiger partial charge on any atom is 0.407 e. The molecule has 7 nitrogen and oxygen atoms in total. The number of carbonyl (C=O) groups is 3. The molecule has 2 aromatic carbocycles. The van der Waals surface area contributed by atoms with Crippen molar-refractivity contribution in [3.05, 3.63) is 59.7 Å². The molecule has 0 spiro atoms. The zero-order chi connectivity index (χ0) is 23.6. The molecule has 1 saturated carbocycles. The number of alkyl carbamates (subject to hydrolysis) is 1. The number of rotatable bonds is 9. The Bertz CT molecular complexity index is 1010. The van der Waals surface area contributed by atoms with Crippen molar-refractivity contribution in [3.63, 3.8) is 0 Å². The van der Waals surface area contributed by atoms with Crippen molar-refractivity contribution in [2.75, 3.05) is 6.61 Å². The third kappa shape index (κ3) is 5.18. The number of carboxylic acids is 1. The molecule has 1 atom stereocenters. The average molecular weight is 451 g/mol. The molecule has 33 heavy (non-hydrogen) atoms. The Morgan fingerprint density at radius 2 is 1.61 bits per heavy atom. The van der Waals surface area contributed by atoms with Crippen LogP contribution in [0.15, 0.2) is 48.5 Å². The van der Waals surface area contributed by atoms with E-state index in [1.165, 1.54) is 0 Å². The van der Waals surface area contributed by atoms with Gasteiger partial charge in [-0.2, -0.15) is 0 Å². The Balaban J connectivity index is 1.40. The van der Waals surface area contributed by atoms with Crippen LogP contribution in [0.1, 0.15) is 56.6 Å². The molecule has 2 aromatic rings. The third-order valence-electron chi connectivity index (χ3n) is 6.39. The topological polar surface area (TPSA) is 105 Å². The predicted molar refractivity (Wildman–Crippen MR) is 124 cm³/mol. The quantitative estimate of drug-likeness (QED) is 0.534. The molecule has 3 N–H and O–H groups in total. The van der Waals surface area contributed by atoms with Gasteiger partial charge in [-0.3, -0.25) is 9.59 Å². The van der Waals surface area contributed by atoms with Gasteiger partial charge in [-0.15, -0.1) is 0 Å². The van der Waals surface area contributed by atoms with E-state index < -0.39 is 23.6 Å². The first kappa shape index (κ1) is 22.8. The number of hydrogen-bond acceptors (Lipinski definition) is 4. The summed E-state index contributed by atoms with van der Waals surface area (Å²) in [6, 6.07) is 15.4. The van der Waals surface area contributed by atoms with Crippen molar-refractivity contribution in [3.8, 4) is 11.1 Å². The number of amides is 2. The van der Waals surface area contributed by atoms with Gasteiger partial charge in [0.2, 0.25) is 5.91 Å². The van der Waals surface area contributed by atoms with E-state index in [2.05, 4.69) is 22.8 Å². The van der Waals surface area contributed by atoms with Gasteiger partial charge in [0.25, 0.3) is 0 Å². The Morgan fingerprint density at radius 1 is 1.03 bits per heavy atom. The first-order valence-electron chi connectivity index (χ1n) is 11.4. The van der Waals surface area contributed by atoms with Crippen LogP contribution in [0, 0.1) is 5.92 Å². The minimum atomic E-state index is -0.947. The Hall–Kier alpha value is -3.35. The largest absolute Gasteiger partial charge is 0.481 e. The molecule has 0 aliphatic heterocycles. The number of carbonyl (C=O) groups excluding carboxylic acids is 2. The van der Waals surface area contributed by atoms with Crippen LogP contribution in [-0.2, 0) is 14.3 Å². The van der Waals surface area contributed by atoms with Crippen molar-refractivity contribution in [1.29, 1.82) is 0 Å². The monoisotopic (exact) mass is 450 g/mol. The third-order valence-corrected chi connectivity index (χ3v) is 6.39. The molecule has 0 aromatic heterocycles. The van der Waals surface area contributed by atoms with Gasteiger partial charge in [0.05, 0.1) is 12.0 Å². The van der Waals surface area contributed by atoms with Gasteiger partial charge in [-0.1, -0.05) is 62.4 Å². The molecule has 0 bridgehead atoms. The summed E-state index contributed by atoms with van der Waals surface area (Å²) in [5.74, 6) is -1.22. The molecule has 4 rings (SSSR count). The normalized spacial score (nSPS) is 16.5. The van der Waals surface area contributed by atoms with E-state index in [4.69, 9.17) is 9.84 Å². The zero-order valence-corrected chi connectivity index (χ0v) is 19.0. The molecule has 0 heterocycles. The Kier molecular flexibility index (Phi) is 6.40. The van der Waals surface area contributed by atoms with Crippen molar-refractivity contribution in [2.24, 2.45) is 5.92 Å². The fraction of sp³-hybridized carbons (Fsp3) is 0.423. The number of carboxylic acid groups (broad SMARTS) is 1. The van der Waals surface area contributed by atoms with Crippen molar-refractivity contribution in [2.45, 2.75) is 57.0 Å². The highest BCUT2D eigenvalue weighted by Crippen LogP contribution is 2.44. The van der Waals surface area contributed by atoms with E-state index in [9.17, 15) is 14.4 Å². The summed E-state index contributed by atoms with van der Waals surface area (Å²) in [5, 5.41) is 14.6. The van der Waals surface area contributed by atoms with E-state index >= 15 is 0 Å². The second-order valence-electron chi connectivity index (χ2n) is 9.49. The van der Waals surface area contributed by atoms with E-state index in [0.717, 1.165) is 22.3 Å². The van der Waals surface area contributed by atoms with Gasteiger partial charge >= 0.3 is 12.1 Å². The molecule has 2 aliphatic rings. The fourth-order valence-corrected chi connectivity index (χ4v) is 4.62. The van der Waals surface area contributed by atoms with E-state index in [0.29, 0.717) is 19.3 Å². The van der Waals surface area contributed by atoms with Gasteiger partial charge in [0.1, 0.15) is 12.6 Å². The molecular weight excluding hydrogens is 420 g/mol. The van der Waals surface area contributed by atoms with E-state index in [-0.39, 0.29) is 30.8 Å². The highest BCUT2D eigenvalue weighted by atomic mass is 16.5. The van der Waals surface area contributed by atoms with Crippen molar-refractivity contribution >= 4 is 18.0 Å². The maximum atomic E-state index is 12.9. The van der Waals surface area contributed by atoms with Crippen molar-refractivity contribution < 1.29 is 24.2 Å². The number of benzene rings is 2. The van der Waals surface area contributed by atoms with Crippen LogP contribution in [0.25, 0.3) is 11.1 Å². The van der Waals surface area contributed by atoms with Gasteiger partial charge in [-0.05, 0) is 47.4 Å². The average Bonchev–Trinajstić information content (AvgIpc) is 3.43. The van der Waals surface area contributed by atoms with Crippen LogP contribution < -0.4 is 10.6 Å². The molecule has 2 aliphatic carbocycles. The summed E-state index contributed by atoms with van der Waals surface area (Å²) in [6.45, 7) is 4.09. The Labute approximate surface area is 193 Å². The summed E-state index contributed by atoms with van der Waals surface area (Å²) in [5.41, 5.74) is 3.83. The molecule has 0 radical (unpaired) electrons. The minimum Gasteiger partial charge on any atom is -0.481 e. The molecule has 0 unspecified atom stereocenters. The van der Waals surface area contributed by atoms with Crippen LogP contribution in [0.3, 0.4) is 0 Å². The lowest BCUT2D eigenvalue weighted by Gasteiger charge is -2.24. The highest BCUT2D eigenvalue weighted by Gasteiger charge is 2.46. The summed E-state index contributed by atoms with van der Waals surface area (Å²) in [7, 11) is 0. The van der Waals surface area contributed by atoms with Gasteiger partial charge < -0.3 is 20.5 Å². The molecule has 174 valence electrons. The van der Waals surface area contributed by atoms with Crippen LogP contribution >= 0.6 is 0 Å². The summed E-state index contributed by atoms with van der Waals surface area (Å²) >= 11 is 0. The van der Waals surface area contributed by atoms with E-state index in [1.54, 1.807) is 0 Å². The SMILES string of the molecule is CC(C)C[C@H](NC(=O)OCC1c2ccccc2-c2ccccc21)C(=O)NC1(CC(=O)O)CC1. The van der Waals surface area contributed by atoms with Crippen LogP contribution in [0.4, 0.5) is 4.79 Å². The number of hydrogen-bond donors (Lipinski definition) is 3. The zero-order valence-electron chi connectivity index (χ0n) is 19.0. The van der Waals surface area contributed by atoms with E-state index in [1.807, 2.05) is 50.2 Å². The van der Waals surface area contributed by atoms with Crippen LogP contribution in [0.5, 0.6) is 0 Å². The van der Waals surface area contributed by atoms with Crippen LogP contribution in [0.2, 0.25) is 0 Å². The first-order chi connectivity index (χ1) is 15.8. The molecule has 1 fully saturated rings. The van der Waals surface area contributed by atoms with Crippen LogP contribution in [-0.4, -0.2) is 41.3 Å². The summed E-state index contributed by atoms with van der Waals surface area (Å²) in [4.78, 5) is 36.6. The number of ether oxygens (including phenoxy) is 1. The highest BCUT2D eigenvalue weighted by molar-refractivity contribution is 5.87. The lowest BCUT2D eigenvalue weighted by molar-refractivity contribution is -0.138. The summed E-state index contributed by atoms with van der Waals surface area (Å²) in [6.07, 6.45) is 0.923. The number of nitrogens with one attached hydrogen (secondary N) is 2. The molecule has 7 heteroatoms. The Morgan fingerprint density at radius 3 is 2.12 bits per heavy atom. The van der Waals surface area contributed by atoms with Gasteiger partial charge in [0, 0.05) is 5.92 Å². The molecule has 0 saturated heterocycles. The first-order valence-corrected chi connectivity index (χ1v) is 11.4. The van der Waals surface area contributed by atoms with Crippen molar-refractivity contribution in [1.82, 2.24) is 10.6 Å². The number of aliphatic carboxylic acids is 1.